The van der Waals surface area contributed by atoms with Crippen molar-refractivity contribution in [2.45, 2.75) is 18.9 Å². The number of nitrogens with one attached hydrogen (secondary N) is 1. The van der Waals surface area contributed by atoms with Gasteiger partial charge in [-0.3, -0.25) is 14.9 Å². The highest BCUT2D eigenvalue weighted by Crippen LogP contribution is 2.29. The molecule has 7 nitrogen and oxygen atoms in total. The van der Waals surface area contributed by atoms with Crippen LogP contribution < -0.4 is 10.1 Å². The van der Waals surface area contributed by atoms with Gasteiger partial charge in [-0.15, -0.1) is 0 Å². The highest BCUT2D eigenvalue weighted by Gasteiger charge is 2.24. The van der Waals surface area contributed by atoms with Crippen molar-refractivity contribution in [1.29, 1.82) is 0 Å². The maximum absolute atomic E-state index is 11.9. The summed E-state index contributed by atoms with van der Waals surface area (Å²) in [4.78, 5) is 22.0. The highest BCUT2D eigenvalue weighted by molar-refractivity contribution is 5.95. The molecular weight excluding hydrogens is 252 g/mol. The summed E-state index contributed by atoms with van der Waals surface area (Å²) in [6, 6.07) is 4.03. The number of nitro groups is 1. The van der Waals surface area contributed by atoms with Crippen molar-refractivity contribution in [3.63, 3.8) is 0 Å². The molecule has 0 bridgehead atoms. The van der Waals surface area contributed by atoms with Crippen molar-refractivity contribution < 1.29 is 19.2 Å². The zero-order chi connectivity index (χ0) is 13.8. The second kappa shape index (κ2) is 5.66. The van der Waals surface area contributed by atoms with Crippen molar-refractivity contribution in [3.05, 3.63) is 28.3 Å². The number of nitro benzene ring substituents is 1. The van der Waals surface area contributed by atoms with Gasteiger partial charge >= 0.3 is 0 Å². The third kappa shape index (κ3) is 3.00. The first-order chi connectivity index (χ1) is 9.11. The fraction of sp³-hybridized carbons (Fsp3) is 0.417. The number of hydrogen-bond donors (Lipinski definition) is 1. The summed E-state index contributed by atoms with van der Waals surface area (Å²) >= 11 is 0. The van der Waals surface area contributed by atoms with E-state index in [1.807, 2.05) is 0 Å². The minimum Gasteiger partial charge on any atom is -0.494 e. The summed E-state index contributed by atoms with van der Waals surface area (Å²) in [5.41, 5.74) is 0.306. The first kappa shape index (κ1) is 13.3. The van der Waals surface area contributed by atoms with E-state index in [1.54, 1.807) is 0 Å². The third-order valence-electron chi connectivity index (χ3n) is 2.88. The standard InChI is InChI=1S/C12H14N2O5/c1-18-11-7-8(14(16)17)4-5-9(11)13-12(15)10-3-2-6-19-10/h4-5,7,10H,2-3,6H2,1H3,(H,13,15)/t10-/m0/s1. The fourth-order valence-electron chi connectivity index (χ4n) is 1.89. The van der Waals surface area contributed by atoms with E-state index in [-0.39, 0.29) is 17.3 Å². The second-order valence-corrected chi connectivity index (χ2v) is 4.13. The van der Waals surface area contributed by atoms with E-state index in [0.29, 0.717) is 18.7 Å². The predicted molar refractivity (Wildman–Crippen MR) is 67.3 cm³/mol. The molecule has 7 heteroatoms. The lowest BCUT2D eigenvalue weighted by Crippen LogP contribution is -2.27. The summed E-state index contributed by atoms with van der Waals surface area (Å²) < 4.78 is 10.3. The van der Waals surface area contributed by atoms with Crippen molar-refractivity contribution in [1.82, 2.24) is 0 Å². The number of methoxy groups -OCH3 is 1. The van der Waals surface area contributed by atoms with Crippen molar-refractivity contribution in [2.24, 2.45) is 0 Å². The zero-order valence-corrected chi connectivity index (χ0v) is 10.4. The van der Waals surface area contributed by atoms with Crippen LogP contribution in [0.5, 0.6) is 5.75 Å². The third-order valence-corrected chi connectivity index (χ3v) is 2.88. The molecular formula is C12H14N2O5. The Morgan fingerprint density at radius 2 is 2.37 bits per heavy atom. The van der Waals surface area contributed by atoms with Gasteiger partial charge in [-0.1, -0.05) is 0 Å². The Morgan fingerprint density at radius 1 is 1.58 bits per heavy atom. The average molecular weight is 266 g/mol. The SMILES string of the molecule is COc1cc([N+](=O)[O-])ccc1NC(=O)[C@@H]1CCCO1. The van der Waals surface area contributed by atoms with Crippen LogP contribution in [-0.4, -0.2) is 30.7 Å². The summed E-state index contributed by atoms with van der Waals surface area (Å²) in [5, 5.41) is 13.3. The van der Waals surface area contributed by atoms with E-state index in [9.17, 15) is 14.9 Å². The quantitative estimate of drug-likeness (QED) is 0.661. The molecule has 1 saturated heterocycles. The Labute approximate surface area is 109 Å². The summed E-state index contributed by atoms with van der Waals surface area (Å²) in [6.45, 7) is 0.579. The van der Waals surface area contributed by atoms with Crippen LogP contribution in [0.1, 0.15) is 12.8 Å². The van der Waals surface area contributed by atoms with Crippen LogP contribution in [0.4, 0.5) is 11.4 Å². The molecule has 1 aromatic rings. The Hall–Kier alpha value is -2.15. The van der Waals surface area contributed by atoms with Crippen LogP contribution in [0, 0.1) is 10.1 Å². The second-order valence-electron chi connectivity index (χ2n) is 4.13. The molecule has 1 N–H and O–H groups in total. The van der Waals surface area contributed by atoms with E-state index in [2.05, 4.69) is 5.32 Å². The molecule has 102 valence electrons. The van der Waals surface area contributed by atoms with Gasteiger partial charge in [0.05, 0.1) is 23.8 Å². The smallest absolute Gasteiger partial charge is 0.273 e. The van der Waals surface area contributed by atoms with Gasteiger partial charge in [-0.2, -0.15) is 0 Å². The maximum Gasteiger partial charge on any atom is 0.273 e. The number of anilines is 1. The van der Waals surface area contributed by atoms with Gasteiger partial charge in [0.15, 0.2) is 0 Å². The summed E-state index contributed by atoms with van der Waals surface area (Å²) in [7, 11) is 1.39. The predicted octanol–water partition coefficient (Wildman–Crippen LogP) is 1.72. The van der Waals surface area contributed by atoms with Crippen molar-refractivity contribution in [2.75, 3.05) is 19.0 Å². The average Bonchev–Trinajstić information content (AvgIpc) is 2.92. The van der Waals surface area contributed by atoms with Crippen molar-refractivity contribution >= 4 is 17.3 Å². The molecule has 1 aliphatic rings. The van der Waals surface area contributed by atoms with E-state index >= 15 is 0 Å². The highest BCUT2D eigenvalue weighted by atomic mass is 16.6. The van der Waals surface area contributed by atoms with Gasteiger partial charge in [0, 0.05) is 12.7 Å². The number of rotatable bonds is 4. The van der Waals surface area contributed by atoms with E-state index < -0.39 is 11.0 Å². The molecule has 0 spiro atoms. The van der Waals surface area contributed by atoms with Crippen LogP contribution in [0.15, 0.2) is 18.2 Å². The molecule has 19 heavy (non-hydrogen) atoms. The number of nitrogens with zero attached hydrogens (tertiary/aromatic N) is 1. The Morgan fingerprint density at radius 3 is 2.95 bits per heavy atom. The molecule has 0 unspecified atom stereocenters. The van der Waals surface area contributed by atoms with E-state index in [4.69, 9.17) is 9.47 Å². The van der Waals surface area contributed by atoms with Crippen LogP contribution in [-0.2, 0) is 9.53 Å². The van der Waals surface area contributed by atoms with Gasteiger partial charge in [0.25, 0.3) is 11.6 Å². The number of hydrogen-bond acceptors (Lipinski definition) is 5. The van der Waals surface area contributed by atoms with Crippen LogP contribution in [0.2, 0.25) is 0 Å². The van der Waals surface area contributed by atoms with Gasteiger partial charge in [-0.05, 0) is 18.9 Å². The molecule has 1 fully saturated rings. The lowest BCUT2D eigenvalue weighted by Gasteiger charge is -2.13. The summed E-state index contributed by atoms with van der Waals surface area (Å²) in [6.07, 6.45) is 1.08. The first-order valence-corrected chi connectivity index (χ1v) is 5.86. The van der Waals surface area contributed by atoms with Gasteiger partial charge in [-0.25, -0.2) is 0 Å². The number of ether oxygens (including phenoxy) is 2. The van der Waals surface area contributed by atoms with Crippen LogP contribution in [0.25, 0.3) is 0 Å². The van der Waals surface area contributed by atoms with Crippen molar-refractivity contribution in [3.8, 4) is 5.75 Å². The largest absolute Gasteiger partial charge is 0.494 e. The first-order valence-electron chi connectivity index (χ1n) is 5.86. The van der Waals surface area contributed by atoms with Gasteiger partial charge in [0.2, 0.25) is 0 Å². The number of carbonyl (C=O) groups is 1. The zero-order valence-electron chi connectivity index (χ0n) is 10.4. The lowest BCUT2D eigenvalue weighted by molar-refractivity contribution is -0.384. The normalized spacial score (nSPS) is 18.1. The molecule has 1 heterocycles. The topological polar surface area (TPSA) is 90.7 Å². The fourth-order valence-corrected chi connectivity index (χ4v) is 1.89. The minimum absolute atomic E-state index is 0.0908. The van der Waals surface area contributed by atoms with Crippen LogP contribution in [0.3, 0.4) is 0 Å². The van der Waals surface area contributed by atoms with E-state index in [1.165, 1.54) is 25.3 Å². The molecule has 1 aromatic carbocycles. The molecule has 0 saturated carbocycles. The molecule has 1 amide bonds. The maximum atomic E-state index is 11.9. The number of benzene rings is 1. The number of carbonyl (C=O) groups excluding carboxylic acids is 1. The molecule has 1 atom stereocenters. The number of non-ortho nitro benzene ring substituents is 1. The molecule has 0 aromatic heterocycles. The molecule has 1 aliphatic heterocycles. The van der Waals surface area contributed by atoms with Gasteiger partial charge < -0.3 is 14.8 Å². The minimum atomic E-state index is -0.520. The monoisotopic (exact) mass is 266 g/mol. The summed E-state index contributed by atoms with van der Waals surface area (Å²) in [5.74, 6) is -0.00907. The van der Waals surface area contributed by atoms with E-state index in [0.717, 1.165) is 6.42 Å². The Balaban J connectivity index is 2.15. The number of amides is 1. The lowest BCUT2D eigenvalue weighted by atomic mass is 10.2. The van der Waals surface area contributed by atoms with Crippen LogP contribution >= 0.6 is 0 Å². The molecule has 2 rings (SSSR count). The molecule has 0 aliphatic carbocycles. The Bertz CT molecular complexity index is 497. The molecule has 0 radical (unpaired) electrons. The van der Waals surface area contributed by atoms with Gasteiger partial charge in [0.1, 0.15) is 11.9 Å². The Kier molecular flexibility index (Phi) is 3.96.